The molecule has 0 radical (unpaired) electrons. The smallest absolute Gasteiger partial charge is 0.146 e. The average molecular weight is 730 g/mol. The van der Waals surface area contributed by atoms with E-state index >= 15 is 0 Å². The topological polar surface area (TPSA) is 21.1 Å². The standard InChI is InChI=1S/C54H39N3/c1-54(2)47-18-9-7-17-45(47)52-48(54)19-12-22-51(52)56(41-29-23-37(24-30-41)36-13-4-3-5-14-36)42-31-25-38(26-32-42)39-27-33-43(34-28-39)57-50-21-11-6-15-40(50)35-46-44-16-8-10-20-49(44)55-53(46)57/h3-35H,1-2H3. The molecule has 0 saturated carbocycles. The van der Waals surface area contributed by atoms with Gasteiger partial charge in [0.05, 0.1) is 16.7 Å². The maximum atomic E-state index is 5.12. The first-order chi connectivity index (χ1) is 28.0. The summed E-state index contributed by atoms with van der Waals surface area (Å²) >= 11 is 0. The molecule has 0 amide bonds. The number of rotatable bonds is 6. The van der Waals surface area contributed by atoms with Crippen LogP contribution >= 0.6 is 0 Å². The summed E-state index contributed by atoms with van der Waals surface area (Å²) in [6, 6.07) is 72.5. The van der Waals surface area contributed by atoms with Gasteiger partial charge in [0.25, 0.3) is 0 Å². The van der Waals surface area contributed by atoms with Crippen LogP contribution in [0.1, 0.15) is 25.0 Å². The van der Waals surface area contributed by atoms with Crippen molar-refractivity contribution in [1.29, 1.82) is 0 Å². The number of aromatic nitrogens is 2. The molecule has 0 aromatic heterocycles. The van der Waals surface area contributed by atoms with Crippen LogP contribution in [0.25, 0.3) is 72.3 Å². The number of benzene rings is 8. The predicted octanol–water partition coefficient (Wildman–Crippen LogP) is 14.4. The van der Waals surface area contributed by atoms with Gasteiger partial charge >= 0.3 is 0 Å². The fourth-order valence-electron chi connectivity index (χ4n) is 9.14. The van der Waals surface area contributed by atoms with Crippen molar-refractivity contribution in [3.8, 4) is 50.5 Å². The summed E-state index contributed by atoms with van der Waals surface area (Å²) in [4.78, 5) is 7.55. The lowest BCUT2D eigenvalue weighted by Crippen LogP contribution is -2.16. The Morgan fingerprint density at radius 2 is 1.05 bits per heavy atom. The molecule has 3 heteroatoms. The van der Waals surface area contributed by atoms with E-state index in [0.717, 1.165) is 39.5 Å². The van der Waals surface area contributed by atoms with Gasteiger partial charge in [0.1, 0.15) is 5.82 Å². The molecule has 0 unspecified atom stereocenters. The molecule has 57 heavy (non-hydrogen) atoms. The molecule has 2 heterocycles. The normalized spacial score (nSPS) is 12.9. The number of fused-ring (bicyclic) bond motifs is 7. The molecule has 2 aliphatic heterocycles. The van der Waals surface area contributed by atoms with Gasteiger partial charge in [-0.25, -0.2) is 4.98 Å². The molecule has 0 spiro atoms. The summed E-state index contributed by atoms with van der Waals surface area (Å²) in [5, 5.41) is 2.37. The highest BCUT2D eigenvalue weighted by molar-refractivity contribution is 6.02. The lowest BCUT2D eigenvalue weighted by atomic mass is 9.82. The first-order valence-corrected chi connectivity index (χ1v) is 19.7. The number of para-hydroxylation sites is 2. The molecule has 0 atom stereocenters. The number of nitrogens with zero attached hydrogens (tertiary/aromatic N) is 3. The minimum atomic E-state index is -0.0940. The number of hydrogen-bond donors (Lipinski definition) is 0. The third-order valence-corrected chi connectivity index (χ3v) is 12.0. The van der Waals surface area contributed by atoms with Gasteiger partial charge < -0.3 is 4.90 Å². The second-order valence-electron chi connectivity index (χ2n) is 15.6. The van der Waals surface area contributed by atoms with Gasteiger partial charge in [-0.15, -0.1) is 0 Å². The molecule has 8 aromatic rings. The van der Waals surface area contributed by atoms with Crippen molar-refractivity contribution in [2.45, 2.75) is 19.3 Å². The van der Waals surface area contributed by atoms with Crippen molar-refractivity contribution in [2.75, 3.05) is 4.90 Å². The summed E-state index contributed by atoms with van der Waals surface area (Å²) < 4.78 is 2.30. The van der Waals surface area contributed by atoms with Gasteiger partial charge in [0, 0.05) is 39.0 Å². The van der Waals surface area contributed by atoms with Crippen molar-refractivity contribution in [1.82, 2.24) is 9.55 Å². The molecule has 0 N–H and O–H groups in total. The molecule has 0 saturated heterocycles. The lowest BCUT2D eigenvalue weighted by Gasteiger charge is -2.29. The van der Waals surface area contributed by atoms with E-state index < -0.39 is 0 Å². The monoisotopic (exact) mass is 729 g/mol. The van der Waals surface area contributed by atoms with Gasteiger partial charge in [-0.2, -0.15) is 0 Å². The zero-order valence-corrected chi connectivity index (χ0v) is 31.9. The minimum Gasteiger partial charge on any atom is -0.310 e. The second kappa shape index (κ2) is 12.9. The zero-order chi connectivity index (χ0) is 38.1. The Kier molecular flexibility index (Phi) is 7.52. The second-order valence-corrected chi connectivity index (χ2v) is 15.6. The van der Waals surface area contributed by atoms with Crippen LogP contribution in [0.4, 0.5) is 17.1 Å². The Bertz CT molecular complexity index is 3060. The summed E-state index contributed by atoms with van der Waals surface area (Å²) in [5.74, 6) is 0.974. The van der Waals surface area contributed by atoms with Crippen LogP contribution in [0.2, 0.25) is 0 Å². The summed E-state index contributed by atoms with van der Waals surface area (Å²) in [7, 11) is 0. The van der Waals surface area contributed by atoms with Crippen LogP contribution in [0.5, 0.6) is 0 Å². The fourth-order valence-corrected chi connectivity index (χ4v) is 9.14. The van der Waals surface area contributed by atoms with Crippen LogP contribution in [0.15, 0.2) is 200 Å². The zero-order valence-electron chi connectivity index (χ0n) is 31.9. The van der Waals surface area contributed by atoms with E-state index in [1.54, 1.807) is 0 Å². The SMILES string of the molecule is CC1(C)c2ccccc2-c2c(N(c3ccc(-c4ccccc4)cc3)c3ccc(-c4ccc(-n5c6nc7ccccc7c-6cc6ccccc65)cc4)cc3)cccc21. The molecule has 0 bridgehead atoms. The van der Waals surface area contributed by atoms with Gasteiger partial charge in [0.15, 0.2) is 0 Å². The maximum absolute atomic E-state index is 5.12. The van der Waals surface area contributed by atoms with Gasteiger partial charge in [-0.1, -0.05) is 153 Å². The van der Waals surface area contributed by atoms with E-state index in [9.17, 15) is 0 Å². The van der Waals surface area contributed by atoms with Gasteiger partial charge in [-0.3, -0.25) is 4.57 Å². The van der Waals surface area contributed by atoms with Crippen molar-refractivity contribution < 1.29 is 0 Å². The van der Waals surface area contributed by atoms with Crippen molar-refractivity contribution in [2.24, 2.45) is 0 Å². The minimum absolute atomic E-state index is 0.0940. The van der Waals surface area contributed by atoms with E-state index in [4.69, 9.17) is 4.98 Å². The number of anilines is 3. The van der Waals surface area contributed by atoms with E-state index in [0.29, 0.717) is 0 Å². The van der Waals surface area contributed by atoms with Gasteiger partial charge in [-0.05, 0) is 105 Å². The highest BCUT2D eigenvalue weighted by Gasteiger charge is 2.37. The van der Waals surface area contributed by atoms with Crippen LogP contribution in [-0.4, -0.2) is 9.55 Å². The average Bonchev–Trinajstić information content (AvgIpc) is 3.75. The van der Waals surface area contributed by atoms with Crippen LogP contribution in [0, 0.1) is 0 Å². The molecular weight excluding hydrogens is 691 g/mol. The van der Waals surface area contributed by atoms with Crippen molar-refractivity contribution >= 4 is 38.9 Å². The van der Waals surface area contributed by atoms with Crippen molar-refractivity contribution in [3.05, 3.63) is 211 Å². The first kappa shape index (κ1) is 33.1. The van der Waals surface area contributed by atoms with Crippen LogP contribution in [0.3, 0.4) is 0 Å². The Morgan fingerprint density at radius 3 is 1.79 bits per heavy atom. The molecule has 0 fully saturated rings. The highest BCUT2D eigenvalue weighted by atomic mass is 15.1. The molecule has 1 aliphatic carbocycles. The summed E-state index contributed by atoms with van der Waals surface area (Å²) in [6.45, 7) is 4.70. The number of pyridine rings is 1. The Labute approximate surface area is 333 Å². The van der Waals surface area contributed by atoms with Gasteiger partial charge in [0.2, 0.25) is 0 Å². The molecule has 11 rings (SSSR count). The largest absolute Gasteiger partial charge is 0.310 e. The highest BCUT2D eigenvalue weighted by Crippen LogP contribution is 2.54. The fraction of sp³-hybridized carbons (Fsp3) is 0.0556. The predicted molar refractivity (Wildman–Crippen MR) is 238 cm³/mol. The maximum Gasteiger partial charge on any atom is 0.146 e. The Balaban J connectivity index is 0.997. The number of hydrogen-bond acceptors (Lipinski definition) is 2. The third-order valence-electron chi connectivity index (χ3n) is 12.0. The Morgan fingerprint density at radius 1 is 0.474 bits per heavy atom. The quantitative estimate of drug-likeness (QED) is 0.170. The molecule has 3 aliphatic rings. The van der Waals surface area contributed by atoms with E-state index in [-0.39, 0.29) is 5.41 Å². The molecular formula is C54H39N3. The van der Waals surface area contributed by atoms with Crippen molar-refractivity contribution in [3.63, 3.8) is 0 Å². The van der Waals surface area contributed by atoms with E-state index in [1.807, 2.05) is 0 Å². The molecule has 270 valence electrons. The summed E-state index contributed by atoms with van der Waals surface area (Å²) in [6.07, 6.45) is 0. The van der Waals surface area contributed by atoms with E-state index in [1.165, 1.54) is 61.0 Å². The van der Waals surface area contributed by atoms with E-state index in [2.05, 4.69) is 224 Å². The first-order valence-electron chi connectivity index (χ1n) is 19.7. The van der Waals surface area contributed by atoms with Crippen LogP contribution < -0.4 is 4.90 Å². The Hall–Kier alpha value is -7.23. The molecule has 3 nitrogen and oxygen atoms in total. The van der Waals surface area contributed by atoms with Crippen LogP contribution in [-0.2, 0) is 5.41 Å². The molecule has 8 aromatic carbocycles. The summed E-state index contributed by atoms with van der Waals surface area (Å²) in [5.41, 5.74) is 17.8. The lowest BCUT2D eigenvalue weighted by molar-refractivity contribution is 0.660. The third kappa shape index (κ3) is 5.31.